The predicted octanol–water partition coefficient (Wildman–Crippen LogP) is 1.04. The summed E-state index contributed by atoms with van der Waals surface area (Å²) in [5, 5.41) is 8.78. The molecule has 1 fully saturated rings. The van der Waals surface area contributed by atoms with Crippen molar-refractivity contribution in [2.24, 2.45) is 5.92 Å². The number of carbonyl (C=O) groups excluding carboxylic acids is 1. The van der Waals surface area contributed by atoms with E-state index in [1.54, 1.807) is 0 Å². The van der Waals surface area contributed by atoms with E-state index in [2.05, 4.69) is 4.90 Å². The Morgan fingerprint density at radius 1 is 1.39 bits per heavy atom. The SMILES string of the molecule is CCN(CC)C(=O)C(C)N1CCC(CC(=O)O)C1. The van der Waals surface area contributed by atoms with Crippen LogP contribution in [0.5, 0.6) is 0 Å². The fourth-order valence-electron chi connectivity index (χ4n) is 2.58. The van der Waals surface area contributed by atoms with Crippen LogP contribution in [0.15, 0.2) is 0 Å². The van der Waals surface area contributed by atoms with E-state index in [0.29, 0.717) is 0 Å². The van der Waals surface area contributed by atoms with Crippen LogP contribution in [0.25, 0.3) is 0 Å². The van der Waals surface area contributed by atoms with Crippen LogP contribution in [0.1, 0.15) is 33.6 Å². The molecule has 5 nitrogen and oxygen atoms in total. The van der Waals surface area contributed by atoms with Gasteiger partial charge in [0.2, 0.25) is 5.91 Å². The first-order valence-electron chi connectivity index (χ1n) is 6.74. The Balaban J connectivity index is 2.51. The molecule has 18 heavy (non-hydrogen) atoms. The fourth-order valence-corrected chi connectivity index (χ4v) is 2.58. The molecule has 1 amide bonds. The first-order chi connectivity index (χ1) is 8.49. The average Bonchev–Trinajstić information content (AvgIpc) is 2.77. The highest BCUT2D eigenvalue weighted by Crippen LogP contribution is 2.22. The van der Waals surface area contributed by atoms with Gasteiger partial charge in [-0.05, 0) is 39.7 Å². The number of hydrogen-bond donors (Lipinski definition) is 1. The second kappa shape index (κ2) is 6.73. The maximum absolute atomic E-state index is 12.2. The van der Waals surface area contributed by atoms with Gasteiger partial charge in [-0.15, -0.1) is 0 Å². The number of hydrogen-bond acceptors (Lipinski definition) is 3. The lowest BCUT2D eigenvalue weighted by atomic mass is 10.1. The van der Waals surface area contributed by atoms with E-state index < -0.39 is 5.97 Å². The molecule has 1 saturated heterocycles. The van der Waals surface area contributed by atoms with Crippen molar-refractivity contribution in [3.05, 3.63) is 0 Å². The normalized spacial score (nSPS) is 21.8. The highest BCUT2D eigenvalue weighted by molar-refractivity contribution is 5.81. The molecule has 1 rings (SSSR count). The molecule has 0 bridgehead atoms. The third kappa shape index (κ3) is 3.70. The molecular formula is C13H24N2O3. The Labute approximate surface area is 109 Å². The van der Waals surface area contributed by atoms with Crippen LogP contribution in [0, 0.1) is 5.92 Å². The van der Waals surface area contributed by atoms with E-state index in [1.165, 1.54) is 0 Å². The van der Waals surface area contributed by atoms with Crippen molar-refractivity contribution in [1.29, 1.82) is 0 Å². The number of amides is 1. The minimum absolute atomic E-state index is 0.135. The topological polar surface area (TPSA) is 60.9 Å². The lowest BCUT2D eigenvalue weighted by Gasteiger charge is -2.29. The summed E-state index contributed by atoms with van der Waals surface area (Å²) in [6, 6.07) is -0.135. The fraction of sp³-hybridized carbons (Fsp3) is 0.846. The van der Waals surface area contributed by atoms with Crippen LogP contribution in [0.2, 0.25) is 0 Å². The Kier molecular flexibility index (Phi) is 5.59. The smallest absolute Gasteiger partial charge is 0.303 e. The van der Waals surface area contributed by atoms with Crippen LogP contribution in [-0.4, -0.2) is 59.0 Å². The quantitative estimate of drug-likeness (QED) is 0.771. The number of carbonyl (C=O) groups is 2. The monoisotopic (exact) mass is 256 g/mol. The van der Waals surface area contributed by atoms with Crippen LogP contribution in [-0.2, 0) is 9.59 Å². The molecule has 1 heterocycles. The first-order valence-corrected chi connectivity index (χ1v) is 6.74. The summed E-state index contributed by atoms with van der Waals surface area (Å²) >= 11 is 0. The van der Waals surface area contributed by atoms with Crippen LogP contribution in [0.4, 0.5) is 0 Å². The van der Waals surface area contributed by atoms with Gasteiger partial charge in [-0.1, -0.05) is 0 Å². The zero-order valence-electron chi connectivity index (χ0n) is 11.6. The number of rotatable bonds is 6. The minimum Gasteiger partial charge on any atom is -0.481 e. The zero-order valence-corrected chi connectivity index (χ0v) is 11.6. The number of nitrogens with zero attached hydrogens (tertiary/aromatic N) is 2. The third-order valence-corrected chi connectivity index (χ3v) is 3.76. The van der Waals surface area contributed by atoms with Gasteiger partial charge in [0, 0.05) is 26.1 Å². The highest BCUT2D eigenvalue weighted by atomic mass is 16.4. The summed E-state index contributed by atoms with van der Waals surface area (Å²) in [4.78, 5) is 26.8. The van der Waals surface area contributed by atoms with Gasteiger partial charge in [-0.3, -0.25) is 14.5 Å². The van der Waals surface area contributed by atoms with E-state index >= 15 is 0 Å². The van der Waals surface area contributed by atoms with Gasteiger partial charge in [-0.25, -0.2) is 0 Å². The van der Waals surface area contributed by atoms with Gasteiger partial charge >= 0.3 is 5.97 Å². The van der Waals surface area contributed by atoms with Gasteiger partial charge in [-0.2, -0.15) is 0 Å². The molecule has 0 aliphatic carbocycles. The standard InChI is InChI=1S/C13H24N2O3/c1-4-14(5-2)13(18)10(3)15-7-6-11(9-15)8-12(16)17/h10-11H,4-9H2,1-3H3,(H,16,17). The molecule has 104 valence electrons. The number of likely N-dealkylation sites (tertiary alicyclic amines) is 1. The second-order valence-corrected chi connectivity index (χ2v) is 4.93. The van der Waals surface area contributed by atoms with Gasteiger partial charge in [0.15, 0.2) is 0 Å². The molecule has 1 N–H and O–H groups in total. The Hall–Kier alpha value is -1.10. The molecule has 0 radical (unpaired) electrons. The average molecular weight is 256 g/mol. The lowest BCUT2D eigenvalue weighted by Crippen LogP contribution is -2.46. The Morgan fingerprint density at radius 3 is 2.50 bits per heavy atom. The number of aliphatic carboxylic acids is 1. The lowest BCUT2D eigenvalue weighted by molar-refractivity contribution is -0.138. The Morgan fingerprint density at radius 2 is 2.00 bits per heavy atom. The molecule has 5 heteroatoms. The van der Waals surface area contributed by atoms with E-state index in [0.717, 1.165) is 32.6 Å². The van der Waals surface area contributed by atoms with E-state index in [1.807, 2.05) is 25.7 Å². The second-order valence-electron chi connectivity index (χ2n) is 4.93. The van der Waals surface area contributed by atoms with Crippen LogP contribution >= 0.6 is 0 Å². The molecule has 1 aliphatic rings. The first kappa shape index (κ1) is 15.0. The number of carboxylic acids is 1. The van der Waals surface area contributed by atoms with Gasteiger partial charge in [0.1, 0.15) is 0 Å². The maximum Gasteiger partial charge on any atom is 0.303 e. The number of likely N-dealkylation sites (N-methyl/N-ethyl adjacent to an activating group) is 1. The molecular weight excluding hydrogens is 232 g/mol. The van der Waals surface area contributed by atoms with Crippen molar-refractivity contribution in [1.82, 2.24) is 9.80 Å². The minimum atomic E-state index is -0.746. The molecule has 0 saturated carbocycles. The zero-order chi connectivity index (χ0) is 13.7. The van der Waals surface area contributed by atoms with E-state index in [9.17, 15) is 9.59 Å². The van der Waals surface area contributed by atoms with Gasteiger partial charge in [0.05, 0.1) is 6.04 Å². The van der Waals surface area contributed by atoms with Crippen molar-refractivity contribution in [3.63, 3.8) is 0 Å². The predicted molar refractivity (Wildman–Crippen MR) is 69.3 cm³/mol. The molecule has 0 spiro atoms. The van der Waals surface area contributed by atoms with Crippen molar-refractivity contribution < 1.29 is 14.7 Å². The summed E-state index contributed by atoms with van der Waals surface area (Å²) in [6.07, 6.45) is 1.09. The Bertz CT molecular complexity index is 303. The molecule has 0 aromatic heterocycles. The van der Waals surface area contributed by atoms with Crippen LogP contribution < -0.4 is 0 Å². The summed E-state index contributed by atoms with van der Waals surface area (Å²) in [7, 11) is 0. The van der Waals surface area contributed by atoms with E-state index in [4.69, 9.17) is 5.11 Å². The molecule has 0 aromatic rings. The van der Waals surface area contributed by atoms with Crippen LogP contribution in [0.3, 0.4) is 0 Å². The highest BCUT2D eigenvalue weighted by Gasteiger charge is 2.31. The molecule has 2 unspecified atom stereocenters. The molecule has 2 atom stereocenters. The summed E-state index contributed by atoms with van der Waals surface area (Å²) < 4.78 is 0. The number of carboxylic acid groups (broad SMARTS) is 1. The summed E-state index contributed by atoms with van der Waals surface area (Å²) in [5.74, 6) is -0.407. The van der Waals surface area contributed by atoms with E-state index in [-0.39, 0.29) is 24.3 Å². The molecule has 0 aromatic carbocycles. The molecule has 1 aliphatic heterocycles. The summed E-state index contributed by atoms with van der Waals surface area (Å²) in [5.41, 5.74) is 0. The van der Waals surface area contributed by atoms with Crippen molar-refractivity contribution in [2.45, 2.75) is 39.7 Å². The largest absolute Gasteiger partial charge is 0.481 e. The van der Waals surface area contributed by atoms with Gasteiger partial charge < -0.3 is 10.0 Å². The van der Waals surface area contributed by atoms with Gasteiger partial charge in [0.25, 0.3) is 0 Å². The summed E-state index contributed by atoms with van der Waals surface area (Å²) in [6.45, 7) is 8.88. The van der Waals surface area contributed by atoms with Crippen molar-refractivity contribution in [2.75, 3.05) is 26.2 Å². The third-order valence-electron chi connectivity index (χ3n) is 3.76. The van der Waals surface area contributed by atoms with Crippen molar-refractivity contribution in [3.8, 4) is 0 Å². The van der Waals surface area contributed by atoms with Crippen molar-refractivity contribution >= 4 is 11.9 Å². The maximum atomic E-state index is 12.2.